The smallest absolute Gasteiger partial charge is 0.406 e. The third-order valence-corrected chi connectivity index (χ3v) is 7.88. The molecule has 46 heavy (non-hydrogen) atoms. The summed E-state index contributed by atoms with van der Waals surface area (Å²) in [5.41, 5.74) is 5.39. The van der Waals surface area contributed by atoms with Crippen molar-refractivity contribution in [2.24, 2.45) is 10.1 Å². The molecule has 16 heteroatoms. The maximum absolute atomic E-state index is 13.9. The summed E-state index contributed by atoms with van der Waals surface area (Å²) in [6.45, 7) is 1.78. The number of hydrazone groups is 1. The van der Waals surface area contributed by atoms with Gasteiger partial charge in [-0.1, -0.05) is 48.2 Å². The van der Waals surface area contributed by atoms with Gasteiger partial charge in [-0.2, -0.15) is 10.1 Å². The number of aromatic nitrogens is 3. The van der Waals surface area contributed by atoms with Crippen LogP contribution in [0.25, 0.3) is 17.1 Å². The van der Waals surface area contributed by atoms with E-state index < -0.39 is 24.2 Å². The van der Waals surface area contributed by atoms with Crippen molar-refractivity contribution in [2.75, 3.05) is 10.7 Å². The number of anilines is 1. The maximum Gasteiger partial charge on any atom is 0.573 e. The van der Waals surface area contributed by atoms with Crippen molar-refractivity contribution in [3.63, 3.8) is 0 Å². The molecule has 4 aromatic rings. The molecule has 1 aliphatic heterocycles. The van der Waals surface area contributed by atoms with Crippen LogP contribution in [0.3, 0.4) is 0 Å². The lowest BCUT2D eigenvalue weighted by Crippen LogP contribution is -2.31. The number of amidine groups is 1. The van der Waals surface area contributed by atoms with Crippen molar-refractivity contribution in [2.45, 2.75) is 31.5 Å². The molecule has 1 saturated carbocycles. The normalized spacial score (nSPS) is 18.4. The Morgan fingerprint density at radius 3 is 2.50 bits per heavy atom. The number of ether oxygens (including phenoxy) is 1. The van der Waals surface area contributed by atoms with Crippen LogP contribution in [0.15, 0.2) is 83.2 Å². The summed E-state index contributed by atoms with van der Waals surface area (Å²) in [6.07, 6.45) is -2.30. The number of nitrogens with one attached hydrogen (secondary N) is 1. The molecule has 3 aromatic carbocycles. The largest absolute Gasteiger partial charge is 0.573 e. The van der Waals surface area contributed by atoms with E-state index in [2.05, 4.69) is 30.3 Å². The van der Waals surface area contributed by atoms with Gasteiger partial charge >= 0.3 is 12.4 Å². The Balaban J connectivity index is 1.09. The highest BCUT2D eigenvalue weighted by Crippen LogP contribution is 2.58. The van der Waals surface area contributed by atoms with Gasteiger partial charge in [-0.05, 0) is 53.9 Å². The summed E-state index contributed by atoms with van der Waals surface area (Å²) in [6, 6.07) is 16.1. The van der Waals surface area contributed by atoms with E-state index in [1.807, 2.05) is 0 Å². The number of nitrogens with zero attached hydrogens (tertiary/aromatic N) is 6. The second kappa shape index (κ2) is 12.0. The van der Waals surface area contributed by atoms with Gasteiger partial charge < -0.3 is 4.74 Å². The van der Waals surface area contributed by atoms with Crippen LogP contribution in [-0.2, 0) is 4.79 Å². The third-order valence-electron chi connectivity index (χ3n) is 6.96. The number of aryl methyl sites for hydroxylation is 1. The van der Waals surface area contributed by atoms with Gasteiger partial charge in [0.25, 0.3) is 5.92 Å². The van der Waals surface area contributed by atoms with Gasteiger partial charge in [-0.15, -0.1) is 18.3 Å². The first-order valence-corrected chi connectivity index (χ1v) is 14.6. The summed E-state index contributed by atoms with van der Waals surface area (Å²) < 4.78 is 70.2. The summed E-state index contributed by atoms with van der Waals surface area (Å²) in [4.78, 5) is 34.7. The highest BCUT2D eigenvalue weighted by atomic mass is 32.2. The van der Waals surface area contributed by atoms with E-state index in [0.29, 0.717) is 33.9 Å². The molecule has 2 aliphatic rings. The lowest BCUT2D eigenvalue weighted by atomic mass is 10.0. The molecule has 2 heterocycles. The van der Waals surface area contributed by atoms with Crippen LogP contribution in [0.5, 0.6) is 5.75 Å². The van der Waals surface area contributed by atoms with Crippen molar-refractivity contribution in [1.82, 2.24) is 20.2 Å². The maximum atomic E-state index is 13.9. The number of carbonyl (C=O) groups excluding carboxylic acids is 2. The zero-order chi connectivity index (χ0) is 32.6. The van der Waals surface area contributed by atoms with Gasteiger partial charge in [-0.3, -0.25) is 9.69 Å². The van der Waals surface area contributed by atoms with E-state index in [1.165, 1.54) is 46.4 Å². The number of thioether (sulfide) groups is 1. The number of rotatable bonds is 7. The number of aliphatic imine (C=N–C) groups is 1. The average Bonchev–Trinajstić information content (AvgIpc) is 3.30. The molecule has 1 aromatic heterocycles. The predicted molar refractivity (Wildman–Crippen MR) is 160 cm³/mol. The highest BCUT2D eigenvalue weighted by Gasteiger charge is 2.58. The number of hydrogen-bond donors (Lipinski definition) is 1. The number of amides is 3. The van der Waals surface area contributed by atoms with Crippen molar-refractivity contribution in [1.29, 1.82) is 0 Å². The third kappa shape index (κ3) is 6.91. The van der Waals surface area contributed by atoms with Gasteiger partial charge in [0.1, 0.15) is 12.1 Å². The van der Waals surface area contributed by atoms with Gasteiger partial charge in [-0.25, -0.2) is 28.7 Å². The molecule has 6 rings (SSSR count). The number of urea groups is 1. The minimum Gasteiger partial charge on any atom is -0.406 e. The molecule has 3 amide bonds. The number of carbonyl (C=O) groups is 2. The van der Waals surface area contributed by atoms with E-state index in [1.54, 1.807) is 49.4 Å². The zero-order valence-electron chi connectivity index (χ0n) is 23.7. The topological polar surface area (TPSA) is 114 Å². The van der Waals surface area contributed by atoms with Crippen molar-refractivity contribution in [3.05, 3.63) is 89.7 Å². The summed E-state index contributed by atoms with van der Waals surface area (Å²) in [7, 11) is 0. The summed E-state index contributed by atoms with van der Waals surface area (Å²) in [5.74, 6) is -4.20. The molecule has 1 saturated heterocycles. The summed E-state index contributed by atoms with van der Waals surface area (Å²) in [5, 5.41) is 8.32. The SMILES string of the molecule is Cc1ccc(C2CC2(F)F)c(N2C(=O)CSC2=NC(=O)N/N=C/c2ccc(-c3ncn(-c4ccc(OC(F)(F)F)cc4)n3)cc2)c1. The van der Waals surface area contributed by atoms with Crippen LogP contribution in [0.2, 0.25) is 0 Å². The van der Waals surface area contributed by atoms with Crippen molar-refractivity contribution >= 4 is 40.8 Å². The Morgan fingerprint density at radius 1 is 1.11 bits per heavy atom. The zero-order valence-corrected chi connectivity index (χ0v) is 24.5. The second-order valence-corrected chi connectivity index (χ2v) is 11.3. The van der Waals surface area contributed by atoms with E-state index in [9.17, 15) is 31.5 Å². The number of halogens is 5. The van der Waals surface area contributed by atoms with E-state index in [-0.39, 0.29) is 29.0 Å². The molecule has 1 aliphatic carbocycles. The molecule has 0 spiro atoms. The second-order valence-electron chi connectivity index (χ2n) is 10.3. The minimum atomic E-state index is -4.79. The highest BCUT2D eigenvalue weighted by molar-refractivity contribution is 8.15. The first kappa shape index (κ1) is 30.9. The van der Waals surface area contributed by atoms with Crippen LogP contribution in [0, 0.1) is 6.92 Å². The Morgan fingerprint density at radius 2 is 1.83 bits per heavy atom. The Hall–Kier alpha value is -5.12. The van der Waals surface area contributed by atoms with Crippen LogP contribution >= 0.6 is 11.8 Å². The fourth-order valence-corrected chi connectivity index (χ4v) is 5.55. The molecule has 2 fully saturated rings. The number of alkyl halides is 5. The molecule has 1 N–H and O–H groups in total. The Labute approximate surface area is 262 Å². The van der Waals surface area contributed by atoms with Crippen LogP contribution in [0.4, 0.5) is 32.4 Å². The van der Waals surface area contributed by atoms with Crippen molar-refractivity contribution in [3.8, 4) is 22.8 Å². The van der Waals surface area contributed by atoms with E-state index in [0.717, 1.165) is 17.3 Å². The van der Waals surface area contributed by atoms with Crippen molar-refractivity contribution < 1.29 is 36.3 Å². The predicted octanol–water partition coefficient (Wildman–Crippen LogP) is 6.44. The molecule has 10 nitrogen and oxygen atoms in total. The minimum absolute atomic E-state index is 0.00642. The molecule has 1 unspecified atom stereocenters. The number of benzene rings is 3. The first-order chi connectivity index (χ1) is 21.9. The van der Waals surface area contributed by atoms with Gasteiger partial charge in [0.05, 0.1) is 29.3 Å². The van der Waals surface area contributed by atoms with E-state index >= 15 is 0 Å². The van der Waals surface area contributed by atoms with Crippen LogP contribution in [0.1, 0.15) is 29.0 Å². The fourth-order valence-electron chi connectivity index (χ4n) is 4.69. The van der Waals surface area contributed by atoms with Crippen LogP contribution in [-0.4, -0.2) is 56.1 Å². The lowest BCUT2D eigenvalue weighted by Gasteiger charge is -2.20. The standard InChI is InChI=1S/C30H22F5N7O3S/c1-17-2-11-22(23-13-29(23,31)32)24(12-17)42-25(43)15-46-28(42)38-27(44)39-37-14-18-3-5-19(6-4-18)26-36-16-41(40-26)20-7-9-21(10-8-20)45-30(33,34)35/h2-12,14,16,23H,13,15H2,1H3,(H,39,44)/b37-14+,38-28?. The molecular weight excluding hydrogens is 633 g/mol. The van der Waals surface area contributed by atoms with Gasteiger partial charge in [0.2, 0.25) is 5.91 Å². The molecule has 0 radical (unpaired) electrons. The summed E-state index contributed by atoms with van der Waals surface area (Å²) >= 11 is 1.03. The molecular formula is C30H22F5N7O3S. The first-order valence-electron chi connectivity index (χ1n) is 13.6. The quantitative estimate of drug-likeness (QED) is 0.139. The van der Waals surface area contributed by atoms with Crippen LogP contribution < -0.4 is 15.1 Å². The average molecular weight is 656 g/mol. The lowest BCUT2D eigenvalue weighted by molar-refractivity contribution is -0.274. The molecule has 1 atom stereocenters. The number of hydrogen-bond acceptors (Lipinski definition) is 7. The molecule has 0 bridgehead atoms. The van der Waals surface area contributed by atoms with Gasteiger partial charge in [0, 0.05) is 12.0 Å². The monoisotopic (exact) mass is 655 g/mol. The van der Waals surface area contributed by atoms with E-state index in [4.69, 9.17) is 0 Å². The fraction of sp³-hybridized carbons (Fsp3) is 0.200. The Bertz CT molecular complexity index is 1860. The van der Waals surface area contributed by atoms with Gasteiger partial charge in [0.15, 0.2) is 11.0 Å². The Kier molecular flexibility index (Phi) is 8.06. The molecule has 236 valence electrons.